The van der Waals surface area contributed by atoms with Crippen LogP contribution in [0.5, 0.6) is 5.75 Å². The topological polar surface area (TPSA) is 64.8 Å². The first-order valence-corrected chi connectivity index (χ1v) is 7.75. The monoisotopic (exact) mass is 306 g/mol. The summed E-state index contributed by atoms with van der Waals surface area (Å²) >= 11 is 0. The summed E-state index contributed by atoms with van der Waals surface area (Å²) in [4.78, 5) is 14.0. The second-order valence-electron chi connectivity index (χ2n) is 6.79. The number of carbonyl (C=O) groups excluding carboxylic acids is 1. The number of rotatable bonds is 5. The molecule has 5 nitrogen and oxygen atoms in total. The van der Waals surface area contributed by atoms with Gasteiger partial charge in [-0.2, -0.15) is 0 Å². The summed E-state index contributed by atoms with van der Waals surface area (Å²) in [7, 11) is 0. The van der Waals surface area contributed by atoms with Gasteiger partial charge in [0.25, 0.3) is 0 Å². The maximum atomic E-state index is 12.2. The molecule has 1 fully saturated rings. The molecule has 0 unspecified atom stereocenters. The fourth-order valence-electron chi connectivity index (χ4n) is 2.18. The number of anilines is 1. The van der Waals surface area contributed by atoms with Gasteiger partial charge < -0.3 is 20.1 Å². The zero-order valence-electron chi connectivity index (χ0n) is 13.9. The van der Waals surface area contributed by atoms with Gasteiger partial charge in [-0.25, -0.2) is 4.79 Å². The Labute approximate surface area is 132 Å². The van der Waals surface area contributed by atoms with E-state index in [0.29, 0.717) is 24.6 Å². The number of carbonyl (C=O) groups is 1. The summed E-state index contributed by atoms with van der Waals surface area (Å²) in [5.41, 5.74) is 7.16. The van der Waals surface area contributed by atoms with E-state index in [-0.39, 0.29) is 12.1 Å². The van der Waals surface area contributed by atoms with E-state index < -0.39 is 5.60 Å². The molecule has 0 aromatic heterocycles. The summed E-state index contributed by atoms with van der Waals surface area (Å²) < 4.78 is 11.2. The molecule has 0 spiro atoms. The highest BCUT2D eigenvalue weighted by atomic mass is 16.6. The van der Waals surface area contributed by atoms with Gasteiger partial charge in [0, 0.05) is 6.04 Å². The Balaban J connectivity index is 1.88. The minimum Gasteiger partial charge on any atom is -0.490 e. The highest BCUT2D eigenvalue weighted by Gasteiger charge is 2.35. The van der Waals surface area contributed by atoms with E-state index in [1.54, 1.807) is 4.90 Å². The number of benzene rings is 1. The number of nitrogens with zero attached hydrogens (tertiary/aromatic N) is 1. The molecule has 0 heterocycles. The first-order valence-electron chi connectivity index (χ1n) is 7.75. The van der Waals surface area contributed by atoms with Crippen LogP contribution >= 0.6 is 0 Å². The molecule has 122 valence electrons. The van der Waals surface area contributed by atoms with E-state index in [9.17, 15) is 4.79 Å². The number of hydrogen-bond donors (Lipinski definition) is 1. The van der Waals surface area contributed by atoms with Crippen molar-refractivity contribution in [2.24, 2.45) is 0 Å². The van der Waals surface area contributed by atoms with Crippen molar-refractivity contribution in [2.45, 2.75) is 52.2 Å². The van der Waals surface area contributed by atoms with Gasteiger partial charge in [-0.05, 0) is 58.2 Å². The zero-order chi connectivity index (χ0) is 16.3. The summed E-state index contributed by atoms with van der Waals surface area (Å²) in [6.07, 6.45) is 1.80. The van der Waals surface area contributed by atoms with Crippen LogP contribution in [0.3, 0.4) is 0 Å². The maximum absolute atomic E-state index is 12.2. The van der Waals surface area contributed by atoms with Crippen LogP contribution in [0, 0.1) is 6.92 Å². The second kappa shape index (κ2) is 6.46. The number of nitrogen functional groups attached to an aromatic ring is 1. The van der Waals surface area contributed by atoms with Crippen molar-refractivity contribution in [3.63, 3.8) is 0 Å². The first-order chi connectivity index (χ1) is 10.3. The molecular formula is C17H26N2O3. The highest BCUT2D eigenvalue weighted by molar-refractivity contribution is 5.69. The number of hydrogen-bond acceptors (Lipinski definition) is 4. The zero-order valence-corrected chi connectivity index (χ0v) is 13.9. The quantitative estimate of drug-likeness (QED) is 0.847. The third kappa shape index (κ3) is 4.83. The van der Waals surface area contributed by atoms with Crippen molar-refractivity contribution >= 4 is 11.8 Å². The normalized spacial score (nSPS) is 14.5. The Morgan fingerprint density at radius 3 is 2.59 bits per heavy atom. The molecule has 0 saturated heterocycles. The molecule has 1 saturated carbocycles. The molecule has 0 atom stereocenters. The lowest BCUT2D eigenvalue weighted by Crippen LogP contribution is -2.40. The van der Waals surface area contributed by atoms with Crippen LogP contribution in [0.15, 0.2) is 18.2 Å². The first kappa shape index (κ1) is 16.5. The number of nitrogens with two attached hydrogens (primary N) is 1. The minimum absolute atomic E-state index is 0.268. The van der Waals surface area contributed by atoms with Crippen molar-refractivity contribution in [3.05, 3.63) is 23.8 Å². The standard InChI is InChI=1S/C17H26N2O3/c1-12-5-8-15(14(18)11-12)21-10-9-19(13-6-7-13)16(20)22-17(2,3)4/h5,8,11,13H,6-7,9-10,18H2,1-4H3. The Hall–Kier alpha value is -1.91. The summed E-state index contributed by atoms with van der Waals surface area (Å²) in [5, 5.41) is 0. The number of aryl methyl sites for hydroxylation is 1. The van der Waals surface area contributed by atoms with Gasteiger partial charge >= 0.3 is 6.09 Å². The van der Waals surface area contributed by atoms with E-state index in [2.05, 4.69) is 0 Å². The molecule has 2 rings (SSSR count). The molecule has 0 aliphatic heterocycles. The average molecular weight is 306 g/mol. The summed E-state index contributed by atoms with van der Waals surface area (Å²) in [6.45, 7) is 8.52. The van der Waals surface area contributed by atoms with Gasteiger partial charge in [-0.3, -0.25) is 0 Å². The van der Waals surface area contributed by atoms with Crippen LogP contribution in [-0.2, 0) is 4.74 Å². The van der Waals surface area contributed by atoms with E-state index in [4.69, 9.17) is 15.2 Å². The van der Waals surface area contributed by atoms with E-state index in [0.717, 1.165) is 18.4 Å². The van der Waals surface area contributed by atoms with Crippen molar-refractivity contribution in [3.8, 4) is 5.75 Å². The second-order valence-corrected chi connectivity index (χ2v) is 6.79. The van der Waals surface area contributed by atoms with Crippen molar-refractivity contribution in [1.82, 2.24) is 4.90 Å². The molecule has 2 N–H and O–H groups in total. The highest BCUT2D eigenvalue weighted by Crippen LogP contribution is 2.28. The SMILES string of the molecule is Cc1ccc(OCCN(C(=O)OC(C)(C)C)C2CC2)c(N)c1. The van der Waals surface area contributed by atoms with Crippen molar-refractivity contribution < 1.29 is 14.3 Å². The summed E-state index contributed by atoms with van der Waals surface area (Å²) in [5.74, 6) is 0.658. The van der Waals surface area contributed by atoms with Crippen molar-refractivity contribution in [2.75, 3.05) is 18.9 Å². The number of ether oxygens (including phenoxy) is 2. The number of amides is 1. The van der Waals surface area contributed by atoms with Crippen LogP contribution < -0.4 is 10.5 Å². The van der Waals surface area contributed by atoms with Gasteiger partial charge in [0.15, 0.2) is 0 Å². The van der Waals surface area contributed by atoms with E-state index >= 15 is 0 Å². The Morgan fingerprint density at radius 1 is 1.36 bits per heavy atom. The van der Waals surface area contributed by atoms with Crippen LogP contribution in [0.1, 0.15) is 39.2 Å². The molecule has 5 heteroatoms. The molecule has 1 aromatic carbocycles. The smallest absolute Gasteiger partial charge is 0.410 e. The van der Waals surface area contributed by atoms with Gasteiger partial charge in [-0.15, -0.1) is 0 Å². The Kier molecular flexibility index (Phi) is 4.84. The lowest BCUT2D eigenvalue weighted by molar-refractivity contribution is 0.0209. The molecule has 22 heavy (non-hydrogen) atoms. The van der Waals surface area contributed by atoms with E-state index in [1.807, 2.05) is 45.9 Å². The lowest BCUT2D eigenvalue weighted by Gasteiger charge is -2.27. The fourth-order valence-corrected chi connectivity index (χ4v) is 2.18. The van der Waals surface area contributed by atoms with Crippen LogP contribution in [0.25, 0.3) is 0 Å². The average Bonchev–Trinajstić information content (AvgIpc) is 3.18. The lowest BCUT2D eigenvalue weighted by atomic mass is 10.2. The third-order valence-electron chi connectivity index (χ3n) is 3.37. The predicted molar refractivity (Wildman–Crippen MR) is 87.0 cm³/mol. The molecule has 1 aliphatic carbocycles. The molecule has 1 aromatic rings. The predicted octanol–water partition coefficient (Wildman–Crippen LogP) is 3.36. The minimum atomic E-state index is -0.480. The molecule has 0 radical (unpaired) electrons. The van der Waals surface area contributed by atoms with Gasteiger partial charge in [0.2, 0.25) is 0 Å². The van der Waals surface area contributed by atoms with Crippen LogP contribution in [-0.4, -0.2) is 35.8 Å². The molecule has 1 aliphatic rings. The molecule has 0 bridgehead atoms. The Morgan fingerprint density at radius 2 is 2.05 bits per heavy atom. The van der Waals surface area contributed by atoms with Gasteiger partial charge in [-0.1, -0.05) is 6.07 Å². The largest absolute Gasteiger partial charge is 0.490 e. The fraction of sp³-hybridized carbons (Fsp3) is 0.588. The van der Waals surface area contributed by atoms with Gasteiger partial charge in [0.05, 0.1) is 12.2 Å². The van der Waals surface area contributed by atoms with Crippen LogP contribution in [0.4, 0.5) is 10.5 Å². The molecular weight excluding hydrogens is 280 g/mol. The maximum Gasteiger partial charge on any atom is 0.410 e. The Bertz CT molecular complexity index is 533. The molecule has 1 amide bonds. The third-order valence-corrected chi connectivity index (χ3v) is 3.37. The summed E-state index contributed by atoms with van der Waals surface area (Å²) in [6, 6.07) is 5.98. The van der Waals surface area contributed by atoms with E-state index in [1.165, 1.54) is 0 Å². The van der Waals surface area contributed by atoms with Crippen molar-refractivity contribution in [1.29, 1.82) is 0 Å². The van der Waals surface area contributed by atoms with Crippen LogP contribution in [0.2, 0.25) is 0 Å². The van der Waals surface area contributed by atoms with Gasteiger partial charge in [0.1, 0.15) is 18.0 Å².